The molecule has 0 unspecified atom stereocenters. The molecule has 0 spiro atoms. The van der Waals surface area contributed by atoms with E-state index in [1.807, 2.05) is 24.3 Å². The van der Waals surface area contributed by atoms with Gasteiger partial charge in [-0.3, -0.25) is 9.59 Å². The number of ether oxygens (including phenoxy) is 1. The molecule has 7 nitrogen and oxygen atoms in total. The molecule has 0 radical (unpaired) electrons. The summed E-state index contributed by atoms with van der Waals surface area (Å²) in [6.45, 7) is 3.21. The first-order valence-corrected chi connectivity index (χ1v) is 10.4. The van der Waals surface area contributed by atoms with Gasteiger partial charge in [0.15, 0.2) is 5.82 Å². The van der Waals surface area contributed by atoms with Crippen molar-refractivity contribution in [3.63, 3.8) is 0 Å². The van der Waals surface area contributed by atoms with Crippen LogP contribution in [0.4, 0.5) is 5.82 Å². The van der Waals surface area contributed by atoms with Crippen molar-refractivity contribution in [2.75, 3.05) is 25.0 Å². The fourth-order valence-electron chi connectivity index (χ4n) is 3.46. The van der Waals surface area contributed by atoms with Crippen LogP contribution in [0, 0.1) is 0 Å². The van der Waals surface area contributed by atoms with Crippen LogP contribution in [0.5, 0.6) is 0 Å². The second-order valence-electron chi connectivity index (χ2n) is 7.41. The van der Waals surface area contributed by atoms with Gasteiger partial charge in [0, 0.05) is 24.8 Å². The molecule has 0 aliphatic carbocycles. The van der Waals surface area contributed by atoms with E-state index >= 15 is 0 Å². The van der Waals surface area contributed by atoms with Crippen molar-refractivity contribution in [3.05, 3.63) is 47.7 Å². The Hall–Kier alpha value is -2.67. The van der Waals surface area contributed by atoms with Gasteiger partial charge in [-0.1, -0.05) is 37.1 Å². The van der Waals surface area contributed by atoms with E-state index in [4.69, 9.17) is 9.26 Å². The van der Waals surface area contributed by atoms with E-state index in [0.717, 1.165) is 25.7 Å². The van der Waals surface area contributed by atoms with E-state index in [-0.39, 0.29) is 24.5 Å². The van der Waals surface area contributed by atoms with Crippen LogP contribution in [-0.2, 0) is 16.0 Å². The van der Waals surface area contributed by atoms with Crippen molar-refractivity contribution in [1.29, 1.82) is 0 Å². The summed E-state index contributed by atoms with van der Waals surface area (Å²) in [7, 11) is 0. The summed E-state index contributed by atoms with van der Waals surface area (Å²) in [5, 5.41) is 6.32. The summed E-state index contributed by atoms with van der Waals surface area (Å²) in [4.78, 5) is 27.1. The predicted octanol–water partition coefficient (Wildman–Crippen LogP) is 3.67. The van der Waals surface area contributed by atoms with Gasteiger partial charge in [0.25, 0.3) is 5.91 Å². The normalized spacial score (nSPS) is 16.0. The van der Waals surface area contributed by atoms with E-state index in [1.165, 1.54) is 24.7 Å². The van der Waals surface area contributed by atoms with Gasteiger partial charge in [0.05, 0.1) is 6.10 Å². The van der Waals surface area contributed by atoms with E-state index in [2.05, 4.69) is 17.4 Å². The van der Waals surface area contributed by atoms with Crippen LogP contribution in [-0.4, -0.2) is 47.7 Å². The van der Waals surface area contributed by atoms with Crippen LogP contribution in [0.25, 0.3) is 0 Å². The molecule has 1 atom stereocenters. The molecule has 1 aromatic heterocycles. The second kappa shape index (κ2) is 10.8. The van der Waals surface area contributed by atoms with Crippen LogP contribution in [0.15, 0.2) is 41.1 Å². The molecule has 2 amide bonds. The van der Waals surface area contributed by atoms with Gasteiger partial charge in [-0.15, -0.1) is 0 Å². The Bertz CT molecular complexity index is 768. The number of hydrogen-bond donors (Lipinski definition) is 1. The molecule has 2 heterocycles. The van der Waals surface area contributed by atoms with Crippen LogP contribution < -0.4 is 5.32 Å². The van der Waals surface area contributed by atoms with Gasteiger partial charge in [-0.25, -0.2) is 0 Å². The summed E-state index contributed by atoms with van der Waals surface area (Å²) < 4.78 is 10.4. The number of rotatable bonds is 10. The number of carbonyl (C=O) groups is 2. The lowest BCUT2D eigenvalue weighted by molar-refractivity contribution is -0.117. The number of amides is 2. The number of benzene rings is 1. The highest BCUT2D eigenvalue weighted by molar-refractivity contribution is 5.99. The summed E-state index contributed by atoms with van der Waals surface area (Å²) in [6, 6.07) is 9.26. The number of nitrogens with one attached hydrogen (secondary N) is 1. The van der Waals surface area contributed by atoms with Crippen LogP contribution >= 0.6 is 0 Å². The first-order chi connectivity index (χ1) is 14.2. The van der Waals surface area contributed by atoms with Crippen LogP contribution in [0.2, 0.25) is 0 Å². The van der Waals surface area contributed by atoms with Gasteiger partial charge in [0.2, 0.25) is 5.91 Å². The Morgan fingerprint density at radius 3 is 2.69 bits per heavy atom. The minimum atomic E-state index is -0.318. The highest BCUT2D eigenvalue weighted by Crippen LogP contribution is 2.16. The first-order valence-electron chi connectivity index (χ1n) is 10.4. The van der Waals surface area contributed by atoms with Gasteiger partial charge >= 0.3 is 0 Å². The highest BCUT2D eigenvalue weighted by Gasteiger charge is 2.25. The van der Waals surface area contributed by atoms with Crippen molar-refractivity contribution in [2.24, 2.45) is 0 Å². The maximum atomic E-state index is 13.1. The maximum absolute atomic E-state index is 13.1. The molecule has 1 N–H and O–H groups in total. The molecule has 156 valence electrons. The minimum Gasteiger partial charge on any atom is -0.376 e. The quantitative estimate of drug-likeness (QED) is 0.616. The van der Waals surface area contributed by atoms with E-state index in [9.17, 15) is 9.59 Å². The van der Waals surface area contributed by atoms with Crippen molar-refractivity contribution in [1.82, 2.24) is 10.1 Å². The first kappa shape index (κ1) is 21.0. The average Bonchev–Trinajstić information content (AvgIpc) is 3.42. The molecule has 1 aromatic carbocycles. The molecule has 1 fully saturated rings. The maximum Gasteiger partial charge on any atom is 0.254 e. The molecule has 2 aromatic rings. The Labute approximate surface area is 171 Å². The van der Waals surface area contributed by atoms with E-state index in [0.29, 0.717) is 24.5 Å². The molecule has 7 heteroatoms. The number of carbonyl (C=O) groups excluding carboxylic acids is 2. The lowest BCUT2D eigenvalue weighted by Crippen LogP contribution is -2.42. The number of aryl methyl sites for hydroxylation is 1. The fourth-order valence-corrected chi connectivity index (χ4v) is 3.46. The van der Waals surface area contributed by atoms with E-state index < -0.39 is 0 Å². The Morgan fingerprint density at radius 2 is 2.03 bits per heavy atom. The van der Waals surface area contributed by atoms with Gasteiger partial charge in [-0.05, 0) is 43.4 Å². The Kier molecular flexibility index (Phi) is 7.81. The SMILES string of the molecule is CCCCCc1ccc(C(=O)N(CC(=O)Nc2ccon2)C[C@@H]2CCCO2)cc1. The Balaban J connectivity index is 1.65. The lowest BCUT2D eigenvalue weighted by atomic mass is 10.0. The molecular formula is C22H29N3O4. The topological polar surface area (TPSA) is 84.7 Å². The van der Waals surface area contributed by atoms with Crippen LogP contribution in [0.1, 0.15) is 54.9 Å². The van der Waals surface area contributed by atoms with Gasteiger partial charge < -0.3 is 19.5 Å². The largest absolute Gasteiger partial charge is 0.376 e. The molecule has 1 saturated heterocycles. The monoisotopic (exact) mass is 399 g/mol. The molecule has 0 bridgehead atoms. The third-order valence-electron chi connectivity index (χ3n) is 5.04. The number of nitrogens with zero attached hydrogens (tertiary/aromatic N) is 2. The summed E-state index contributed by atoms with van der Waals surface area (Å²) in [6.07, 6.45) is 7.77. The zero-order valence-corrected chi connectivity index (χ0v) is 16.9. The fraction of sp³-hybridized carbons (Fsp3) is 0.500. The molecule has 3 rings (SSSR count). The lowest BCUT2D eigenvalue weighted by Gasteiger charge is -2.25. The predicted molar refractivity (Wildman–Crippen MR) is 110 cm³/mol. The Morgan fingerprint density at radius 1 is 1.21 bits per heavy atom. The smallest absolute Gasteiger partial charge is 0.254 e. The highest BCUT2D eigenvalue weighted by atomic mass is 16.5. The number of anilines is 1. The average molecular weight is 399 g/mol. The molecule has 0 saturated carbocycles. The van der Waals surface area contributed by atoms with Gasteiger partial charge in [-0.2, -0.15) is 0 Å². The third kappa shape index (κ3) is 6.42. The minimum absolute atomic E-state index is 0.0351. The van der Waals surface area contributed by atoms with E-state index in [1.54, 1.807) is 11.0 Å². The molecule has 1 aliphatic heterocycles. The summed E-state index contributed by atoms with van der Waals surface area (Å²) >= 11 is 0. The zero-order valence-electron chi connectivity index (χ0n) is 16.9. The molecular weight excluding hydrogens is 370 g/mol. The van der Waals surface area contributed by atoms with Crippen molar-refractivity contribution < 1.29 is 18.8 Å². The standard InChI is InChI=1S/C22H29N3O4/c1-2-3-4-6-17-8-10-18(11-9-17)22(27)25(15-19-7-5-13-28-19)16-21(26)23-20-12-14-29-24-20/h8-12,14,19H,2-7,13,15-16H2,1H3,(H,23,24,26)/t19-/m0/s1. The summed E-state index contributed by atoms with van der Waals surface area (Å²) in [5.74, 6) is -0.159. The van der Waals surface area contributed by atoms with Crippen molar-refractivity contribution >= 4 is 17.6 Å². The zero-order chi connectivity index (χ0) is 20.5. The molecule has 1 aliphatic rings. The van der Waals surface area contributed by atoms with Crippen molar-refractivity contribution in [2.45, 2.75) is 51.6 Å². The number of aromatic nitrogens is 1. The molecule has 29 heavy (non-hydrogen) atoms. The number of unbranched alkanes of at least 4 members (excludes halogenated alkanes) is 2. The van der Waals surface area contributed by atoms with Crippen LogP contribution in [0.3, 0.4) is 0 Å². The van der Waals surface area contributed by atoms with Crippen molar-refractivity contribution in [3.8, 4) is 0 Å². The third-order valence-corrected chi connectivity index (χ3v) is 5.04. The summed E-state index contributed by atoms with van der Waals surface area (Å²) in [5.41, 5.74) is 1.81. The number of hydrogen-bond acceptors (Lipinski definition) is 5. The van der Waals surface area contributed by atoms with Gasteiger partial charge in [0.1, 0.15) is 12.8 Å². The second-order valence-corrected chi connectivity index (χ2v) is 7.41.